The molecular weight excluding hydrogens is 480 g/mol. The number of carbonyl (C=O) groups excluding carboxylic acids is 1. The van der Waals surface area contributed by atoms with Gasteiger partial charge in [0.25, 0.3) is 0 Å². The summed E-state index contributed by atoms with van der Waals surface area (Å²) in [4.78, 5) is 16.9. The van der Waals surface area contributed by atoms with E-state index in [2.05, 4.69) is 33.2 Å². The summed E-state index contributed by atoms with van der Waals surface area (Å²) in [7, 11) is 1.58. The Morgan fingerprint density at radius 1 is 1.23 bits per heavy atom. The fourth-order valence-corrected chi connectivity index (χ4v) is 4.29. The number of halogens is 1. The zero-order valence-corrected chi connectivity index (χ0v) is 20.1. The standard InChI is InChI=1S/C23H25BrN2O4S/c1-4-6-11-30-16-8-9-18-20(14-16)31-23(25-18)26-21(27)10-7-15-12-17(24)22(29-5-2)19(13-15)28-3/h7-10,12-14H,4-6,11H2,1-3H3,(H,25,26,27)/b10-7+. The van der Waals surface area contributed by atoms with Crippen molar-refractivity contribution in [2.24, 2.45) is 0 Å². The van der Waals surface area contributed by atoms with Gasteiger partial charge >= 0.3 is 0 Å². The number of hydrogen-bond acceptors (Lipinski definition) is 6. The molecule has 1 aromatic heterocycles. The van der Waals surface area contributed by atoms with Crippen molar-refractivity contribution in [3.8, 4) is 17.2 Å². The zero-order chi connectivity index (χ0) is 22.2. The van der Waals surface area contributed by atoms with Gasteiger partial charge in [-0.3, -0.25) is 10.1 Å². The normalized spacial score (nSPS) is 11.1. The van der Waals surface area contributed by atoms with Gasteiger partial charge in [0.2, 0.25) is 5.91 Å². The fourth-order valence-electron chi connectivity index (χ4n) is 2.82. The third-order valence-corrected chi connectivity index (χ3v) is 5.85. The maximum absolute atomic E-state index is 12.4. The van der Waals surface area contributed by atoms with Gasteiger partial charge in [-0.25, -0.2) is 4.98 Å². The molecule has 0 bridgehead atoms. The van der Waals surface area contributed by atoms with E-state index in [1.54, 1.807) is 13.2 Å². The lowest BCUT2D eigenvalue weighted by Crippen LogP contribution is -2.07. The number of benzene rings is 2. The predicted octanol–water partition coefficient (Wildman–Crippen LogP) is 6.30. The van der Waals surface area contributed by atoms with Crippen molar-refractivity contribution in [2.45, 2.75) is 26.7 Å². The van der Waals surface area contributed by atoms with Crippen LogP contribution < -0.4 is 19.5 Å². The number of unbranched alkanes of at least 4 members (excludes halogenated alkanes) is 1. The number of methoxy groups -OCH3 is 1. The van der Waals surface area contributed by atoms with Gasteiger partial charge in [0, 0.05) is 6.08 Å². The van der Waals surface area contributed by atoms with E-state index in [9.17, 15) is 4.79 Å². The van der Waals surface area contributed by atoms with Crippen LogP contribution in [0.3, 0.4) is 0 Å². The molecule has 6 nitrogen and oxygen atoms in total. The molecule has 0 fully saturated rings. The van der Waals surface area contributed by atoms with Crippen LogP contribution in [0.25, 0.3) is 16.3 Å². The lowest BCUT2D eigenvalue weighted by molar-refractivity contribution is -0.111. The molecule has 3 rings (SSSR count). The first-order valence-electron chi connectivity index (χ1n) is 10.1. The molecule has 0 saturated heterocycles. The Bertz CT molecular complexity index is 1080. The Balaban J connectivity index is 1.68. The molecule has 0 spiro atoms. The second-order valence-corrected chi connectivity index (χ2v) is 8.53. The minimum Gasteiger partial charge on any atom is -0.494 e. The van der Waals surface area contributed by atoms with Gasteiger partial charge in [-0.05, 0) is 71.2 Å². The minimum atomic E-state index is -0.262. The highest BCUT2D eigenvalue weighted by molar-refractivity contribution is 9.10. The third-order valence-electron chi connectivity index (χ3n) is 4.32. The van der Waals surface area contributed by atoms with Crippen molar-refractivity contribution >= 4 is 54.6 Å². The highest BCUT2D eigenvalue weighted by Crippen LogP contribution is 2.37. The van der Waals surface area contributed by atoms with Gasteiger partial charge in [-0.2, -0.15) is 0 Å². The molecule has 8 heteroatoms. The molecule has 1 N–H and O–H groups in total. The van der Waals surface area contributed by atoms with E-state index < -0.39 is 0 Å². The second kappa shape index (κ2) is 11.2. The second-order valence-electron chi connectivity index (χ2n) is 6.64. The molecule has 31 heavy (non-hydrogen) atoms. The number of amides is 1. The van der Waals surface area contributed by atoms with Crippen LogP contribution in [0.15, 0.2) is 40.9 Å². The number of carbonyl (C=O) groups is 1. The molecule has 0 atom stereocenters. The van der Waals surface area contributed by atoms with Crippen LogP contribution >= 0.6 is 27.3 Å². The average Bonchev–Trinajstić information content (AvgIpc) is 3.15. The van der Waals surface area contributed by atoms with E-state index in [0.29, 0.717) is 29.8 Å². The zero-order valence-electron chi connectivity index (χ0n) is 17.7. The molecule has 1 heterocycles. The van der Waals surface area contributed by atoms with Crippen LogP contribution in [0, 0.1) is 0 Å². The quantitative estimate of drug-likeness (QED) is 0.259. The van der Waals surface area contributed by atoms with E-state index in [4.69, 9.17) is 14.2 Å². The molecule has 0 aliphatic heterocycles. The number of aromatic nitrogens is 1. The van der Waals surface area contributed by atoms with E-state index in [0.717, 1.165) is 38.8 Å². The summed E-state index contributed by atoms with van der Waals surface area (Å²) in [5, 5.41) is 3.36. The smallest absolute Gasteiger partial charge is 0.250 e. The topological polar surface area (TPSA) is 69.7 Å². The Hall–Kier alpha value is -2.58. The Morgan fingerprint density at radius 2 is 2.06 bits per heavy atom. The summed E-state index contributed by atoms with van der Waals surface area (Å²) in [6.07, 6.45) is 5.29. The van der Waals surface area contributed by atoms with Gasteiger partial charge in [0.1, 0.15) is 5.75 Å². The van der Waals surface area contributed by atoms with Crippen molar-refractivity contribution in [1.82, 2.24) is 4.98 Å². The lowest BCUT2D eigenvalue weighted by Gasteiger charge is -2.12. The number of rotatable bonds is 10. The van der Waals surface area contributed by atoms with Gasteiger partial charge in [0.05, 0.1) is 35.0 Å². The molecule has 0 aliphatic carbocycles. The molecular formula is C23H25BrN2O4S. The SMILES string of the molecule is CCCCOc1ccc2nc(NC(=O)/C=C/c3cc(Br)c(OCC)c(OC)c3)sc2c1. The first kappa shape index (κ1) is 23.1. The molecule has 164 valence electrons. The van der Waals surface area contributed by atoms with Crippen molar-refractivity contribution in [1.29, 1.82) is 0 Å². The summed E-state index contributed by atoms with van der Waals surface area (Å²) < 4.78 is 18.4. The summed E-state index contributed by atoms with van der Waals surface area (Å²) >= 11 is 4.90. The molecule has 0 saturated carbocycles. The van der Waals surface area contributed by atoms with Crippen molar-refractivity contribution in [3.05, 3.63) is 46.4 Å². The molecule has 1 amide bonds. The Morgan fingerprint density at radius 3 is 2.81 bits per heavy atom. The first-order chi connectivity index (χ1) is 15.0. The third kappa shape index (κ3) is 6.21. The maximum Gasteiger partial charge on any atom is 0.250 e. The van der Waals surface area contributed by atoms with E-state index in [-0.39, 0.29) is 5.91 Å². The summed E-state index contributed by atoms with van der Waals surface area (Å²) in [6.45, 7) is 5.26. The number of hydrogen-bond donors (Lipinski definition) is 1. The van der Waals surface area contributed by atoms with E-state index in [1.807, 2.05) is 37.3 Å². The summed E-state index contributed by atoms with van der Waals surface area (Å²) in [6, 6.07) is 9.45. The maximum atomic E-state index is 12.4. The van der Waals surface area contributed by atoms with Crippen LogP contribution in [0.5, 0.6) is 17.2 Å². The molecule has 2 aromatic carbocycles. The fraction of sp³-hybridized carbons (Fsp3) is 0.304. The number of ether oxygens (including phenoxy) is 3. The average molecular weight is 505 g/mol. The molecule has 3 aromatic rings. The first-order valence-corrected chi connectivity index (χ1v) is 11.7. The minimum absolute atomic E-state index is 0.262. The monoisotopic (exact) mass is 504 g/mol. The number of nitrogens with one attached hydrogen (secondary N) is 1. The van der Waals surface area contributed by atoms with Crippen LogP contribution in [0.2, 0.25) is 0 Å². The molecule has 0 unspecified atom stereocenters. The van der Waals surface area contributed by atoms with Gasteiger partial charge in [-0.1, -0.05) is 24.7 Å². The van der Waals surface area contributed by atoms with Crippen molar-refractivity contribution < 1.29 is 19.0 Å². The van der Waals surface area contributed by atoms with Crippen molar-refractivity contribution in [3.63, 3.8) is 0 Å². The van der Waals surface area contributed by atoms with E-state index in [1.165, 1.54) is 17.4 Å². The lowest BCUT2D eigenvalue weighted by atomic mass is 10.2. The van der Waals surface area contributed by atoms with Crippen molar-refractivity contribution in [2.75, 3.05) is 25.6 Å². The highest BCUT2D eigenvalue weighted by atomic mass is 79.9. The van der Waals surface area contributed by atoms with E-state index >= 15 is 0 Å². The van der Waals surface area contributed by atoms with Crippen LogP contribution in [0.1, 0.15) is 32.3 Å². The Labute approximate surface area is 194 Å². The highest BCUT2D eigenvalue weighted by Gasteiger charge is 2.11. The molecule has 0 radical (unpaired) electrons. The Kier molecular flexibility index (Phi) is 8.31. The number of fused-ring (bicyclic) bond motifs is 1. The van der Waals surface area contributed by atoms with Crippen LogP contribution in [-0.2, 0) is 4.79 Å². The number of nitrogens with zero attached hydrogens (tertiary/aromatic N) is 1. The number of thiazole rings is 1. The summed E-state index contributed by atoms with van der Waals surface area (Å²) in [5.74, 6) is 1.79. The van der Waals surface area contributed by atoms with Gasteiger partial charge in [0.15, 0.2) is 16.6 Å². The van der Waals surface area contributed by atoms with Crippen LogP contribution in [0.4, 0.5) is 5.13 Å². The van der Waals surface area contributed by atoms with Gasteiger partial charge < -0.3 is 14.2 Å². The summed E-state index contributed by atoms with van der Waals surface area (Å²) in [5.41, 5.74) is 1.63. The predicted molar refractivity (Wildman–Crippen MR) is 130 cm³/mol. The largest absolute Gasteiger partial charge is 0.494 e. The van der Waals surface area contributed by atoms with Gasteiger partial charge in [-0.15, -0.1) is 0 Å². The molecule has 0 aliphatic rings. The van der Waals surface area contributed by atoms with Crippen LogP contribution in [-0.4, -0.2) is 31.2 Å². The number of anilines is 1.